The van der Waals surface area contributed by atoms with Gasteiger partial charge in [-0.1, -0.05) is 23.9 Å². The molecule has 0 radical (unpaired) electrons. The number of rotatable bonds is 3. The average molecular weight is 275 g/mol. The molecular formula is C12H12F3NOS. The highest BCUT2D eigenvalue weighted by molar-refractivity contribution is 8.13. The maximum absolute atomic E-state index is 12.7. The number of carbonyl (C=O) groups excluding carboxylic acids is 1. The number of hydrogen-bond donors (Lipinski definition) is 1. The van der Waals surface area contributed by atoms with Gasteiger partial charge < -0.3 is 5.73 Å². The van der Waals surface area contributed by atoms with Crippen LogP contribution in [0.25, 0.3) is 6.08 Å². The zero-order valence-electron chi connectivity index (χ0n) is 9.62. The first-order valence-electron chi connectivity index (χ1n) is 5.07. The number of carbonyl (C=O) groups is 1. The summed E-state index contributed by atoms with van der Waals surface area (Å²) in [5.74, 6) is 0.335. The normalized spacial score (nSPS) is 12.0. The highest BCUT2D eigenvalue weighted by Crippen LogP contribution is 2.33. The van der Waals surface area contributed by atoms with Gasteiger partial charge in [0.25, 0.3) is 0 Å². The lowest BCUT2D eigenvalue weighted by Gasteiger charge is -2.10. The number of benzene rings is 1. The van der Waals surface area contributed by atoms with Crippen LogP contribution in [-0.2, 0) is 11.0 Å². The number of hydrogen-bond acceptors (Lipinski definition) is 3. The van der Waals surface area contributed by atoms with E-state index in [1.807, 2.05) is 0 Å². The van der Waals surface area contributed by atoms with E-state index < -0.39 is 11.7 Å². The van der Waals surface area contributed by atoms with Crippen molar-refractivity contribution in [1.29, 1.82) is 0 Å². The topological polar surface area (TPSA) is 43.1 Å². The summed E-state index contributed by atoms with van der Waals surface area (Å²) in [6.45, 7) is 1.40. The highest BCUT2D eigenvalue weighted by atomic mass is 32.2. The number of alkyl halides is 3. The zero-order chi connectivity index (χ0) is 13.8. The number of thioether (sulfide) groups is 1. The van der Waals surface area contributed by atoms with Crippen molar-refractivity contribution < 1.29 is 18.0 Å². The molecule has 98 valence electrons. The van der Waals surface area contributed by atoms with Crippen molar-refractivity contribution in [2.24, 2.45) is 0 Å². The van der Waals surface area contributed by atoms with Crippen LogP contribution in [0.5, 0.6) is 0 Å². The lowest BCUT2D eigenvalue weighted by atomic mass is 10.1. The van der Waals surface area contributed by atoms with Gasteiger partial charge in [-0.2, -0.15) is 13.2 Å². The Morgan fingerprint density at radius 1 is 1.44 bits per heavy atom. The third-order valence-electron chi connectivity index (χ3n) is 2.06. The van der Waals surface area contributed by atoms with Gasteiger partial charge in [0.1, 0.15) is 0 Å². The Hall–Kier alpha value is -1.43. The average Bonchev–Trinajstić information content (AvgIpc) is 2.22. The summed E-state index contributed by atoms with van der Waals surface area (Å²) in [7, 11) is 0. The zero-order valence-corrected chi connectivity index (χ0v) is 10.4. The molecule has 1 aromatic rings. The van der Waals surface area contributed by atoms with Gasteiger partial charge in [0.05, 0.1) is 5.56 Å². The van der Waals surface area contributed by atoms with Crippen LogP contribution in [0.4, 0.5) is 18.9 Å². The van der Waals surface area contributed by atoms with Gasteiger partial charge in [0.2, 0.25) is 0 Å². The minimum absolute atomic E-state index is 0.00616. The lowest BCUT2D eigenvalue weighted by molar-refractivity contribution is -0.137. The van der Waals surface area contributed by atoms with Gasteiger partial charge in [-0.3, -0.25) is 4.79 Å². The maximum Gasteiger partial charge on any atom is 0.416 e. The number of nitrogen functional groups attached to an aromatic ring is 1. The van der Waals surface area contributed by atoms with E-state index in [0.717, 1.165) is 17.8 Å². The van der Waals surface area contributed by atoms with E-state index in [-0.39, 0.29) is 16.4 Å². The number of anilines is 1. The summed E-state index contributed by atoms with van der Waals surface area (Å²) in [6, 6.07) is 3.43. The molecule has 0 bridgehead atoms. The maximum atomic E-state index is 12.7. The third-order valence-corrected chi connectivity index (χ3v) is 2.83. The van der Waals surface area contributed by atoms with Crippen molar-refractivity contribution in [3.8, 4) is 0 Å². The first kappa shape index (κ1) is 14.6. The van der Waals surface area contributed by atoms with E-state index in [9.17, 15) is 18.0 Å². The van der Waals surface area contributed by atoms with Crippen molar-refractivity contribution in [2.75, 3.05) is 11.5 Å². The van der Waals surface area contributed by atoms with Gasteiger partial charge in [-0.05, 0) is 23.8 Å². The van der Waals surface area contributed by atoms with E-state index in [0.29, 0.717) is 5.75 Å². The molecule has 0 saturated carbocycles. The van der Waals surface area contributed by atoms with E-state index in [1.165, 1.54) is 31.2 Å². The molecule has 0 saturated heterocycles. The molecule has 0 aliphatic heterocycles. The molecule has 18 heavy (non-hydrogen) atoms. The van der Waals surface area contributed by atoms with Crippen molar-refractivity contribution in [1.82, 2.24) is 0 Å². The summed E-state index contributed by atoms with van der Waals surface area (Å²) < 4.78 is 38.1. The fraction of sp³-hybridized carbons (Fsp3) is 0.250. The van der Waals surface area contributed by atoms with Gasteiger partial charge in [0.15, 0.2) is 5.12 Å². The quantitative estimate of drug-likeness (QED) is 0.857. The Bertz CT molecular complexity index is 469. The Labute approximate surface area is 107 Å². The van der Waals surface area contributed by atoms with Gasteiger partial charge >= 0.3 is 6.18 Å². The summed E-state index contributed by atoms with van der Waals surface area (Å²) in [5.41, 5.74) is 5.00. The van der Waals surface area contributed by atoms with Crippen LogP contribution in [0.2, 0.25) is 0 Å². The standard InChI is InChI=1S/C12H12F3NOS/c1-8(17)18-6-2-3-9-7-10(16)4-5-11(9)12(13,14)15/h2-5,7H,6,16H2,1H3. The molecular weight excluding hydrogens is 263 g/mol. The molecule has 0 aliphatic rings. The lowest BCUT2D eigenvalue weighted by Crippen LogP contribution is -2.07. The SMILES string of the molecule is CC(=O)SCC=Cc1cc(N)ccc1C(F)(F)F. The number of halogens is 3. The summed E-state index contributed by atoms with van der Waals surface area (Å²) in [4.78, 5) is 10.7. The minimum atomic E-state index is -4.42. The molecule has 2 nitrogen and oxygen atoms in total. The molecule has 0 aromatic heterocycles. The molecule has 0 unspecified atom stereocenters. The molecule has 0 aliphatic carbocycles. The Balaban J connectivity index is 2.93. The minimum Gasteiger partial charge on any atom is -0.399 e. The highest BCUT2D eigenvalue weighted by Gasteiger charge is 2.32. The summed E-state index contributed by atoms with van der Waals surface area (Å²) >= 11 is 1.03. The molecule has 0 atom stereocenters. The molecule has 2 N–H and O–H groups in total. The van der Waals surface area contributed by atoms with Crippen molar-refractivity contribution >= 4 is 28.6 Å². The van der Waals surface area contributed by atoms with Crippen LogP contribution in [0, 0.1) is 0 Å². The monoisotopic (exact) mass is 275 g/mol. The first-order chi connectivity index (χ1) is 8.30. The predicted octanol–water partition coefficient (Wildman–Crippen LogP) is 3.58. The van der Waals surface area contributed by atoms with Crippen LogP contribution < -0.4 is 5.73 Å². The molecule has 0 fully saturated rings. The first-order valence-corrected chi connectivity index (χ1v) is 6.06. The fourth-order valence-electron chi connectivity index (χ4n) is 1.32. The van der Waals surface area contributed by atoms with Crippen LogP contribution in [0.3, 0.4) is 0 Å². The summed E-state index contributed by atoms with van der Waals surface area (Å²) in [5, 5.41) is -0.0803. The molecule has 0 spiro atoms. The smallest absolute Gasteiger partial charge is 0.399 e. The van der Waals surface area contributed by atoms with Crippen LogP contribution >= 0.6 is 11.8 Å². The second-order valence-electron chi connectivity index (χ2n) is 3.55. The molecule has 1 aromatic carbocycles. The van der Waals surface area contributed by atoms with Crippen molar-refractivity contribution in [2.45, 2.75) is 13.1 Å². The number of nitrogens with two attached hydrogens (primary N) is 1. The fourth-order valence-corrected chi connectivity index (χ4v) is 1.74. The van der Waals surface area contributed by atoms with E-state index >= 15 is 0 Å². The summed E-state index contributed by atoms with van der Waals surface area (Å²) in [6.07, 6.45) is -1.58. The molecule has 0 amide bonds. The van der Waals surface area contributed by atoms with Crippen LogP contribution in [0.15, 0.2) is 24.3 Å². The Morgan fingerprint density at radius 2 is 2.11 bits per heavy atom. The molecule has 6 heteroatoms. The van der Waals surface area contributed by atoms with Gasteiger partial charge in [-0.25, -0.2) is 0 Å². The van der Waals surface area contributed by atoms with Crippen molar-refractivity contribution in [3.63, 3.8) is 0 Å². The second kappa shape index (κ2) is 5.95. The van der Waals surface area contributed by atoms with Crippen molar-refractivity contribution in [3.05, 3.63) is 35.4 Å². The van der Waals surface area contributed by atoms with E-state index in [1.54, 1.807) is 0 Å². The van der Waals surface area contributed by atoms with Crippen LogP contribution in [0.1, 0.15) is 18.1 Å². The largest absolute Gasteiger partial charge is 0.416 e. The van der Waals surface area contributed by atoms with Gasteiger partial charge in [0, 0.05) is 18.4 Å². The van der Waals surface area contributed by atoms with E-state index in [2.05, 4.69) is 0 Å². The Kier molecular flexibility index (Phi) is 4.84. The third kappa shape index (κ3) is 4.44. The Morgan fingerprint density at radius 3 is 2.67 bits per heavy atom. The second-order valence-corrected chi connectivity index (χ2v) is 4.75. The predicted molar refractivity (Wildman–Crippen MR) is 68.0 cm³/mol. The molecule has 1 rings (SSSR count). The molecule has 0 heterocycles. The van der Waals surface area contributed by atoms with Crippen LogP contribution in [-0.4, -0.2) is 10.9 Å². The van der Waals surface area contributed by atoms with Gasteiger partial charge in [-0.15, -0.1) is 0 Å². The van der Waals surface area contributed by atoms with E-state index in [4.69, 9.17) is 5.73 Å².